The molecular weight excluding hydrogens is 488 g/mol. The zero-order valence-corrected chi connectivity index (χ0v) is 21.6. The van der Waals surface area contributed by atoms with Crippen LogP contribution >= 0.6 is 11.8 Å². The number of methoxy groups -OCH3 is 1. The van der Waals surface area contributed by atoms with Gasteiger partial charge in [-0.15, -0.1) is 16.9 Å². The molecule has 0 aliphatic carbocycles. The second-order valence-corrected chi connectivity index (χ2v) is 9.78. The van der Waals surface area contributed by atoms with Crippen LogP contribution in [0, 0.1) is 5.92 Å². The van der Waals surface area contributed by atoms with Crippen molar-refractivity contribution in [1.29, 1.82) is 0 Å². The van der Waals surface area contributed by atoms with E-state index in [-0.39, 0.29) is 17.8 Å². The van der Waals surface area contributed by atoms with E-state index in [1.54, 1.807) is 40.7 Å². The number of hydrogen-bond donors (Lipinski definition) is 1. The Hall–Kier alpha value is -3.92. The zero-order chi connectivity index (χ0) is 25.8. The van der Waals surface area contributed by atoms with Crippen molar-refractivity contribution in [1.82, 2.24) is 25.1 Å². The normalized spacial score (nSPS) is 15.5. The van der Waals surface area contributed by atoms with Gasteiger partial charge in [0.25, 0.3) is 0 Å². The summed E-state index contributed by atoms with van der Waals surface area (Å²) in [5.74, 6) is 0.325. The Morgan fingerprint density at radius 2 is 1.89 bits per heavy atom. The molecule has 37 heavy (non-hydrogen) atoms. The molecular formula is C27H28N6O3S. The van der Waals surface area contributed by atoms with Crippen molar-refractivity contribution < 1.29 is 14.3 Å². The molecule has 190 valence electrons. The van der Waals surface area contributed by atoms with Crippen molar-refractivity contribution >= 4 is 40.5 Å². The van der Waals surface area contributed by atoms with Crippen LogP contribution in [0.4, 0.5) is 5.82 Å². The van der Waals surface area contributed by atoms with E-state index < -0.39 is 0 Å². The lowest BCUT2D eigenvalue weighted by Gasteiger charge is -2.33. The molecule has 1 N–H and O–H groups in total. The van der Waals surface area contributed by atoms with Gasteiger partial charge >= 0.3 is 5.97 Å². The van der Waals surface area contributed by atoms with Crippen molar-refractivity contribution in [3.8, 4) is 5.69 Å². The molecule has 1 atom stereocenters. The molecule has 1 aliphatic heterocycles. The first-order chi connectivity index (χ1) is 18.1. The van der Waals surface area contributed by atoms with Crippen molar-refractivity contribution in [3.05, 3.63) is 72.2 Å². The molecule has 1 amide bonds. The first-order valence-corrected chi connectivity index (χ1v) is 13.3. The first-order valence-electron chi connectivity index (χ1n) is 12.1. The number of amides is 1. The quantitative estimate of drug-likeness (QED) is 0.292. The minimum Gasteiger partial charge on any atom is -0.465 e. The number of carbonyl (C=O) groups is 2. The fraction of sp³-hybridized carbons (Fsp3) is 0.296. The van der Waals surface area contributed by atoms with E-state index in [0.29, 0.717) is 24.3 Å². The summed E-state index contributed by atoms with van der Waals surface area (Å²) in [6.45, 7) is 1.91. The van der Waals surface area contributed by atoms with Gasteiger partial charge in [0.1, 0.15) is 12.1 Å². The van der Waals surface area contributed by atoms with E-state index >= 15 is 0 Å². The van der Waals surface area contributed by atoms with E-state index in [9.17, 15) is 9.59 Å². The lowest BCUT2D eigenvalue weighted by atomic mass is 9.97. The number of nitrogens with zero attached hydrogens (tertiary/aromatic N) is 5. The molecule has 4 aromatic rings. The van der Waals surface area contributed by atoms with Crippen LogP contribution in [0.2, 0.25) is 0 Å². The molecule has 1 aliphatic rings. The Morgan fingerprint density at radius 1 is 1.11 bits per heavy atom. The molecule has 2 aromatic heterocycles. The third kappa shape index (κ3) is 5.43. The Balaban J connectivity index is 1.30. The minimum atomic E-state index is -0.387. The van der Waals surface area contributed by atoms with Gasteiger partial charge in [-0.05, 0) is 61.1 Å². The van der Waals surface area contributed by atoms with Crippen molar-refractivity contribution in [2.24, 2.45) is 5.92 Å². The molecule has 10 heteroatoms. The molecule has 0 bridgehead atoms. The summed E-state index contributed by atoms with van der Waals surface area (Å²) in [7, 11) is 1.36. The number of piperidine rings is 1. The zero-order valence-electron chi connectivity index (χ0n) is 20.8. The van der Waals surface area contributed by atoms with Gasteiger partial charge in [-0.2, -0.15) is 0 Å². The SMILES string of the molecule is COC(=O)c1ccc(-n2cc3c(N4CCC[C@H](C(=O)NCc5ccc(SC)cc5)C4)ncnc3n2)cc1. The van der Waals surface area contributed by atoms with Crippen LogP contribution in [0.3, 0.4) is 0 Å². The fourth-order valence-electron chi connectivity index (χ4n) is 4.54. The molecule has 0 saturated carbocycles. The highest BCUT2D eigenvalue weighted by Gasteiger charge is 2.28. The molecule has 9 nitrogen and oxygen atoms in total. The lowest BCUT2D eigenvalue weighted by molar-refractivity contribution is -0.125. The van der Waals surface area contributed by atoms with Gasteiger partial charge in [0.15, 0.2) is 5.65 Å². The summed E-state index contributed by atoms with van der Waals surface area (Å²) in [5, 5.41) is 8.52. The van der Waals surface area contributed by atoms with Gasteiger partial charge in [-0.1, -0.05) is 12.1 Å². The highest BCUT2D eigenvalue weighted by atomic mass is 32.2. The highest BCUT2D eigenvalue weighted by molar-refractivity contribution is 7.98. The number of rotatable bonds is 7. The Labute approximate surface area is 219 Å². The van der Waals surface area contributed by atoms with Gasteiger partial charge in [-0.3, -0.25) is 4.79 Å². The number of nitrogens with one attached hydrogen (secondary N) is 1. The van der Waals surface area contributed by atoms with Crippen molar-refractivity contribution in [2.75, 3.05) is 31.4 Å². The van der Waals surface area contributed by atoms with Crippen LogP contribution in [0.5, 0.6) is 0 Å². The number of ether oxygens (including phenoxy) is 1. The third-order valence-corrected chi connectivity index (χ3v) is 7.31. The standard InChI is InChI=1S/C27H28N6O3S/c1-36-27(35)19-7-9-21(10-8-19)33-16-23-24(31-33)29-17-30-25(23)32-13-3-4-20(15-32)26(34)28-14-18-5-11-22(37-2)12-6-18/h5-12,16-17,20H,3-4,13-15H2,1-2H3,(H,28,34)/t20-/m0/s1. The predicted molar refractivity (Wildman–Crippen MR) is 143 cm³/mol. The number of anilines is 1. The molecule has 1 fully saturated rings. The van der Waals surface area contributed by atoms with Crippen molar-refractivity contribution in [2.45, 2.75) is 24.3 Å². The smallest absolute Gasteiger partial charge is 0.337 e. The van der Waals surface area contributed by atoms with Gasteiger partial charge in [-0.25, -0.2) is 19.4 Å². The summed E-state index contributed by atoms with van der Waals surface area (Å²) in [6, 6.07) is 15.3. The van der Waals surface area contributed by atoms with Gasteiger partial charge < -0.3 is 15.0 Å². The van der Waals surface area contributed by atoms with Crippen LogP contribution in [-0.4, -0.2) is 58.1 Å². The largest absolute Gasteiger partial charge is 0.465 e. The molecule has 2 aromatic carbocycles. The number of fused-ring (bicyclic) bond motifs is 1. The number of thioether (sulfide) groups is 1. The number of esters is 1. The molecule has 3 heterocycles. The maximum Gasteiger partial charge on any atom is 0.337 e. The van der Waals surface area contributed by atoms with Crippen LogP contribution in [0.15, 0.2) is 66.0 Å². The monoisotopic (exact) mass is 516 g/mol. The van der Waals surface area contributed by atoms with Crippen LogP contribution < -0.4 is 10.2 Å². The highest BCUT2D eigenvalue weighted by Crippen LogP contribution is 2.28. The molecule has 0 spiro atoms. The van der Waals surface area contributed by atoms with Gasteiger partial charge in [0, 0.05) is 30.7 Å². The van der Waals surface area contributed by atoms with E-state index in [0.717, 1.165) is 41.8 Å². The second-order valence-electron chi connectivity index (χ2n) is 8.90. The Morgan fingerprint density at radius 3 is 2.62 bits per heavy atom. The Kier molecular flexibility index (Phi) is 7.36. The van der Waals surface area contributed by atoms with E-state index in [1.807, 2.05) is 12.5 Å². The number of benzene rings is 2. The van der Waals surface area contributed by atoms with E-state index in [4.69, 9.17) is 4.74 Å². The molecule has 5 rings (SSSR count). The van der Waals surface area contributed by atoms with Crippen LogP contribution in [-0.2, 0) is 16.1 Å². The van der Waals surface area contributed by atoms with Gasteiger partial charge in [0.05, 0.1) is 29.7 Å². The van der Waals surface area contributed by atoms with E-state index in [1.165, 1.54) is 18.3 Å². The summed E-state index contributed by atoms with van der Waals surface area (Å²) in [4.78, 5) is 37.0. The van der Waals surface area contributed by atoms with Gasteiger partial charge in [0.2, 0.25) is 5.91 Å². The molecule has 0 radical (unpaired) electrons. The topological polar surface area (TPSA) is 102 Å². The lowest BCUT2D eigenvalue weighted by Crippen LogP contribution is -2.43. The van der Waals surface area contributed by atoms with Crippen molar-refractivity contribution in [3.63, 3.8) is 0 Å². The summed E-state index contributed by atoms with van der Waals surface area (Å²) in [5.41, 5.74) is 2.92. The Bertz CT molecular complexity index is 1400. The number of hydrogen-bond acceptors (Lipinski definition) is 8. The van der Waals surface area contributed by atoms with Crippen LogP contribution in [0.1, 0.15) is 28.8 Å². The summed E-state index contributed by atoms with van der Waals surface area (Å²) in [6.07, 6.45) is 7.19. The second kappa shape index (κ2) is 11.0. The maximum absolute atomic E-state index is 13.0. The van der Waals surface area contributed by atoms with Crippen LogP contribution in [0.25, 0.3) is 16.7 Å². The van der Waals surface area contributed by atoms with E-state index in [2.05, 4.69) is 49.5 Å². The first kappa shape index (κ1) is 24.8. The minimum absolute atomic E-state index is 0.0605. The summed E-state index contributed by atoms with van der Waals surface area (Å²) < 4.78 is 6.49. The third-order valence-electron chi connectivity index (χ3n) is 6.57. The maximum atomic E-state index is 13.0. The number of aromatic nitrogens is 4. The average molecular weight is 517 g/mol. The average Bonchev–Trinajstić information content (AvgIpc) is 3.40. The molecule has 1 saturated heterocycles. The number of carbonyl (C=O) groups excluding carboxylic acids is 2. The fourth-order valence-corrected chi connectivity index (χ4v) is 4.95. The summed E-state index contributed by atoms with van der Waals surface area (Å²) >= 11 is 1.70. The molecule has 0 unspecified atom stereocenters. The predicted octanol–water partition coefficient (Wildman–Crippen LogP) is 3.86.